The van der Waals surface area contributed by atoms with Gasteiger partial charge in [-0.25, -0.2) is 0 Å². The van der Waals surface area contributed by atoms with Crippen molar-refractivity contribution >= 4 is 24.4 Å². The molecule has 3 rings (SSSR count). The molecule has 0 spiro atoms. The van der Waals surface area contributed by atoms with Crippen LogP contribution in [0.3, 0.4) is 0 Å². The van der Waals surface area contributed by atoms with E-state index in [-0.39, 0.29) is 11.3 Å². The van der Waals surface area contributed by atoms with Crippen LogP contribution < -0.4 is 16.5 Å². The molecular weight excluding hydrogens is 415 g/mol. The molecule has 2 amide bonds. The summed E-state index contributed by atoms with van der Waals surface area (Å²) in [5.74, 6) is -0.905. The number of rotatable bonds is 6. The average molecular weight is 450 g/mol. The lowest BCUT2D eigenvalue weighted by molar-refractivity contribution is -0.119. The zero-order valence-electron chi connectivity index (χ0n) is 20.7. The Kier molecular flexibility index (Phi) is 6.78. The van der Waals surface area contributed by atoms with E-state index in [1.54, 1.807) is 12.1 Å². The highest BCUT2D eigenvalue weighted by Gasteiger charge is 2.51. The molecule has 1 fully saturated rings. The van der Waals surface area contributed by atoms with Gasteiger partial charge in [0.2, 0.25) is 5.91 Å². The van der Waals surface area contributed by atoms with Gasteiger partial charge in [0.1, 0.15) is 6.04 Å². The zero-order valence-corrected chi connectivity index (χ0v) is 20.7. The summed E-state index contributed by atoms with van der Waals surface area (Å²) in [6, 6.07) is 14.2. The molecule has 7 heteroatoms. The number of primary amides is 1. The van der Waals surface area contributed by atoms with Crippen LogP contribution in [0, 0.1) is 0 Å². The Balaban J connectivity index is 1.67. The molecule has 1 aliphatic rings. The van der Waals surface area contributed by atoms with Crippen molar-refractivity contribution in [3.63, 3.8) is 0 Å². The van der Waals surface area contributed by atoms with E-state index in [1.807, 2.05) is 64.1 Å². The molecule has 0 bridgehead atoms. The molecule has 0 aromatic heterocycles. The Hall–Kier alpha value is -2.64. The SMILES string of the molecule is CC(C)(C)c1ccc(C(=O)N[C@@H](Cc2ccc(B3OC(C)(C)C(C)(C)O3)cc2)C(N)=O)cc1. The van der Waals surface area contributed by atoms with E-state index in [0.29, 0.717) is 12.0 Å². The molecule has 0 unspecified atom stereocenters. The number of nitrogens with two attached hydrogens (primary N) is 1. The summed E-state index contributed by atoms with van der Waals surface area (Å²) in [7, 11) is -0.452. The van der Waals surface area contributed by atoms with Crippen molar-refractivity contribution in [3.05, 3.63) is 65.2 Å². The van der Waals surface area contributed by atoms with Crippen LogP contribution in [0.15, 0.2) is 48.5 Å². The van der Waals surface area contributed by atoms with Gasteiger partial charge >= 0.3 is 7.12 Å². The van der Waals surface area contributed by atoms with E-state index in [9.17, 15) is 9.59 Å². The molecule has 1 atom stereocenters. The van der Waals surface area contributed by atoms with Gasteiger partial charge in [-0.3, -0.25) is 9.59 Å². The third kappa shape index (κ3) is 5.65. The van der Waals surface area contributed by atoms with Crippen LogP contribution in [-0.2, 0) is 25.9 Å². The molecule has 1 aliphatic heterocycles. The molecule has 6 nitrogen and oxygen atoms in total. The third-order valence-electron chi connectivity index (χ3n) is 6.61. The first kappa shape index (κ1) is 25.0. The van der Waals surface area contributed by atoms with E-state index >= 15 is 0 Å². The Morgan fingerprint density at radius 1 is 0.939 bits per heavy atom. The summed E-state index contributed by atoms with van der Waals surface area (Å²) in [6.45, 7) is 14.4. The topological polar surface area (TPSA) is 90.7 Å². The van der Waals surface area contributed by atoms with Gasteiger partial charge in [0.05, 0.1) is 11.2 Å². The predicted molar refractivity (Wildman–Crippen MR) is 131 cm³/mol. The van der Waals surface area contributed by atoms with Crippen molar-refractivity contribution < 1.29 is 18.9 Å². The molecule has 1 saturated heterocycles. The lowest BCUT2D eigenvalue weighted by atomic mass is 9.78. The summed E-state index contributed by atoms with van der Waals surface area (Å²) < 4.78 is 12.2. The van der Waals surface area contributed by atoms with Crippen molar-refractivity contribution in [3.8, 4) is 0 Å². The number of nitrogens with one attached hydrogen (secondary N) is 1. The maximum Gasteiger partial charge on any atom is 0.494 e. The zero-order chi connectivity index (χ0) is 24.6. The van der Waals surface area contributed by atoms with Gasteiger partial charge < -0.3 is 20.4 Å². The van der Waals surface area contributed by atoms with Crippen molar-refractivity contribution in [2.45, 2.75) is 77.5 Å². The lowest BCUT2D eigenvalue weighted by Gasteiger charge is -2.32. The van der Waals surface area contributed by atoms with Gasteiger partial charge in [-0.15, -0.1) is 0 Å². The highest BCUT2D eigenvalue weighted by atomic mass is 16.7. The highest BCUT2D eigenvalue weighted by molar-refractivity contribution is 6.62. The van der Waals surface area contributed by atoms with E-state index in [4.69, 9.17) is 15.0 Å². The largest absolute Gasteiger partial charge is 0.494 e. The molecule has 3 N–H and O–H groups in total. The number of carbonyl (C=O) groups excluding carboxylic acids is 2. The van der Waals surface area contributed by atoms with Gasteiger partial charge in [0.25, 0.3) is 5.91 Å². The molecule has 176 valence electrons. The average Bonchev–Trinajstić information content (AvgIpc) is 2.94. The van der Waals surface area contributed by atoms with E-state index in [1.165, 1.54) is 0 Å². The smallest absolute Gasteiger partial charge is 0.399 e. The summed E-state index contributed by atoms with van der Waals surface area (Å²) in [4.78, 5) is 24.8. The first-order valence-corrected chi connectivity index (χ1v) is 11.3. The lowest BCUT2D eigenvalue weighted by Crippen LogP contribution is -2.46. The molecule has 1 heterocycles. The Morgan fingerprint density at radius 3 is 1.91 bits per heavy atom. The minimum Gasteiger partial charge on any atom is -0.399 e. The molecule has 2 aromatic carbocycles. The van der Waals surface area contributed by atoms with Crippen LogP contribution in [0.25, 0.3) is 0 Å². The van der Waals surface area contributed by atoms with Crippen molar-refractivity contribution in [1.82, 2.24) is 5.32 Å². The molecule has 0 radical (unpaired) electrons. The van der Waals surface area contributed by atoms with E-state index in [0.717, 1.165) is 16.6 Å². The second-order valence-corrected chi connectivity index (χ2v) is 10.8. The molecular formula is C26H35BN2O4. The Morgan fingerprint density at radius 2 is 1.45 bits per heavy atom. The monoisotopic (exact) mass is 450 g/mol. The third-order valence-corrected chi connectivity index (χ3v) is 6.61. The predicted octanol–water partition coefficient (Wildman–Crippen LogP) is 3.11. The molecule has 33 heavy (non-hydrogen) atoms. The number of amides is 2. The fourth-order valence-corrected chi connectivity index (χ4v) is 3.61. The fourth-order valence-electron chi connectivity index (χ4n) is 3.61. The number of benzene rings is 2. The minimum atomic E-state index is -0.817. The van der Waals surface area contributed by atoms with Crippen LogP contribution in [0.4, 0.5) is 0 Å². The van der Waals surface area contributed by atoms with Crippen LogP contribution in [0.5, 0.6) is 0 Å². The Labute approximate surface area is 197 Å². The van der Waals surface area contributed by atoms with Crippen LogP contribution in [0.1, 0.15) is 70.0 Å². The molecule has 2 aromatic rings. The van der Waals surface area contributed by atoms with Crippen molar-refractivity contribution in [1.29, 1.82) is 0 Å². The van der Waals surface area contributed by atoms with Crippen molar-refractivity contribution in [2.24, 2.45) is 5.73 Å². The normalized spacial score (nSPS) is 18.1. The van der Waals surface area contributed by atoms with Crippen molar-refractivity contribution in [2.75, 3.05) is 0 Å². The maximum atomic E-state index is 12.7. The van der Waals surface area contributed by atoms with Gasteiger partial charge in [0, 0.05) is 12.0 Å². The highest BCUT2D eigenvalue weighted by Crippen LogP contribution is 2.36. The maximum absolute atomic E-state index is 12.7. The molecule has 0 saturated carbocycles. The van der Waals surface area contributed by atoms with Crippen LogP contribution >= 0.6 is 0 Å². The standard InChI is InChI=1S/C26H35BN2O4/c1-24(2,3)19-12-10-18(11-13-19)23(31)29-21(22(28)30)16-17-8-14-20(15-9-17)27-32-25(4,5)26(6,7)33-27/h8-15,21H,16H2,1-7H3,(H2,28,30)(H,29,31)/t21-/m0/s1. The molecule has 0 aliphatic carbocycles. The summed E-state index contributed by atoms with van der Waals surface area (Å²) >= 11 is 0. The van der Waals surface area contributed by atoms with Gasteiger partial charge in [0.15, 0.2) is 0 Å². The van der Waals surface area contributed by atoms with E-state index in [2.05, 4.69) is 26.1 Å². The number of carbonyl (C=O) groups is 2. The summed E-state index contributed by atoms with van der Waals surface area (Å²) in [5, 5.41) is 2.77. The number of hydrogen-bond donors (Lipinski definition) is 2. The van der Waals surface area contributed by atoms with E-state index < -0.39 is 30.3 Å². The first-order valence-electron chi connectivity index (χ1n) is 11.3. The summed E-state index contributed by atoms with van der Waals surface area (Å²) in [6.07, 6.45) is 0.296. The number of hydrogen-bond acceptors (Lipinski definition) is 4. The Bertz CT molecular complexity index is 992. The fraction of sp³-hybridized carbons (Fsp3) is 0.462. The second kappa shape index (κ2) is 8.95. The van der Waals surface area contributed by atoms with Gasteiger partial charge in [-0.1, -0.05) is 57.2 Å². The van der Waals surface area contributed by atoms with Gasteiger partial charge in [-0.2, -0.15) is 0 Å². The quantitative estimate of drug-likeness (QED) is 0.662. The van der Waals surface area contributed by atoms with Gasteiger partial charge in [-0.05, 0) is 61.8 Å². The summed E-state index contributed by atoms with van der Waals surface area (Å²) in [5.41, 5.74) is 8.16. The second-order valence-electron chi connectivity index (χ2n) is 10.8. The van der Waals surface area contributed by atoms with Crippen LogP contribution in [0.2, 0.25) is 0 Å². The minimum absolute atomic E-state index is 0.00297. The van der Waals surface area contributed by atoms with Crippen LogP contribution in [-0.4, -0.2) is 36.2 Å². The first-order chi connectivity index (χ1) is 15.2.